The molecule has 7 nitrogen and oxygen atoms in total. The van der Waals surface area contributed by atoms with E-state index < -0.39 is 24.0 Å². The van der Waals surface area contributed by atoms with E-state index in [9.17, 15) is 14.4 Å². The minimum atomic E-state index is -0.852. The number of benzene rings is 1. The fraction of sp³-hybridized carbons (Fsp3) is 0.316. The second kappa shape index (κ2) is 9.36. The lowest BCUT2D eigenvalue weighted by Gasteiger charge is -2.35. The van der Waals surface area contributed by atoms with Crippen LogP contribution in [0.1, 0.15) is 25.5 Å². The smallest absolute Gasteiger partial charge is 0.355 e. The number of carbonyl (C=O) groups excluding carboxylic acids is 3. The molecular weight excluding hydrogens is 416 g/mol. The molecule has 1 aromatic rings. The van der Waals surface area contributed by atoms with Crippen LogP contribution >= 0.6 is 15.9 Å². The maximum atomic E-state index is 12.7. The van der Waals surface area contributed by atoms with Crippen molar-refractivity contribution in [3.63, 3.8) is 0 Å². The summed E-state index contributed by atoms with van der Waals surface area (Å²) in [7, 11) is 0. The summed E-state index contributed by atoms with van der Waals surface area (Å²) in [5.41, 5.74) is 0.514. The molecule has 0 saturated carbocycles. The molecule has 0 spiro atoms. The second-order valence-electron chi connectivity index (χ2n) is 5.54. The Bertz CT molecular complexity index is 790. The topological polar surface area (TPSA) is 84.9 Å². The Morgan fingerprint density at radius 1 is 1.26 bits per heavy atom. The molecule has 1 aliphatic rings. The standard InChI is InChI=1S/C19H21BrN2O5/c1-4-10-22-16(18(24)27-6-3)14(17(23)26-5-2)15(21-19(22)25)12-8-7-9-13(20)11-12/h4,7-9,11,15H,1,5-6,10H2,2-3H3,(H,21,25). The van der Waals surface area contributed by atoms with Crippen LogP contribution in [0.5, 0.6) is 0 Å². The summed E-state index contributed by atoms with van der Waals surface area (Å²) in [6, 6.07) is 5.72. The Morgan fingerprint density at radius 2 is 1.93 bits per heavy atom. The summed E-state index contributed by atoms with van der Waals surface area (Å²) in [4.78, 5) is 39.2. The molecule has 1 aliphatic heterocycles. The molecule has 27 heavy (non-hydrogen) atoms. The lowest BCUT2D eigenvalue weighted by molar-refractivity contribution is -0.143. The molecule has 2 rings (SSSR count). The van der Waals surface area contributed by atoms with Crippen LogP contribution in [0.3, 0.4) is 0 Å². The number of urea groups is 1. The molecule has 2 amide bonds. The van der Waals surface area contributed by atoms with Crippen molar-refractivity contribution in [3.8, 4) is 0 Å². The summed E-state index contributed by atoms with van der Waals surface area (Å²) in [5, 5.41) is 2.76. The van der Waals surface area contributed by atoms with Gasteiger partial charge in [-0.1, -0.05) is 34.1 Å². The van der Waals surface area contributed by atoms with Crippen molar-refractivity contribution in [2.75, 3.05) is 19.8 Å². The number of esters is 2. The van der Waals surface area contributed by atoms with Gasteiger partial charge in [0.1, 0.15) is 5.70 Å². The van der Waals surface area contributed by atoms with Gasteiger partial charge in [-0.15, -0.1) is 6.58 Å². The molecule has 1 N–H and O–H groups in total. The normalized spacial score (nSPS) is 16.6. The van der Waals surface area contributed by atoms with Crippen LogP contribution in [0.4, 0.5) is 4.79 Å². The number of ether oxygens (including phenoxy) is 2. The first-order valence-electron chi connectivity index (χ1n) is 8.47. The van der Waals surface area contributed by atoms with Crippen LogP contribution in [0.15, 0.2) is 52.7 Å². The SMILES string of the molecule is C=CCN1C(=O)NC(c2cccc(Br)c2)C(C(=O)OCC)=C1C(=O)OCC. The van der Waals surface area contributed by atoms with Gasteiger partial charge in [0.05, 0.1) is 24.8 Å². The van der Waals surface area contributed by atoms with E-state index in [1.54, 1.807) is 32.0 Å². The summed E-state index contributed by atoms with van der Waals surface area (Å²) < 4.78 is 11.0. The molecule has 0 saturated heterocycles. The first-order chi connectivity index (χ1) is 12.9. The highest BCUT2D eigenvalue weighted by Gasteiger charge is 2.41. The molecule has 1 atom stereocenters. The molecule has 0 radical (unpaired) electrons. The van der Waals surface area contributed by atoms with Gasteiger partial charge in [-0.25, -0.2) is 14.4 Å². The highest BCUT2D eigenvalue weighted by atomic mass is 79.9. The van der Waals surface area contributed by atoms with Crippen LogP contribution in [-0.2, 0) is 19.1 Å². The lowest BCUT2D eigenvalue weighted by Crippen LogP contribution is -2.50. The second-order valence-corrected chi connectivity index (χ2v) is 6.46. The van der Waals surface area contributed by atoms with Crippen molar-refractivity contribution in [1.29, 1.82) is 0 Å². The number of hydrogen-bond acceptors (Lipinski definition) is 5. The highest BCUT2D eigenvalue weighted by molar-refractivity contribution is 9.10. The molecule has 144 valence electrons. The van der Waals surface area contributed by atoms with Crippen LogP contribution in [0.25, 0.3) is 0 Å². The van der Waals surface area contributed by atoms with Gasteiger partial charge in [0.2, 0.25) is 0 Å². The Labute approximate surface area is 166 Å². The largest absolute Gasteiger partial charge is 0.463 e. The van der Waals surface area contributed by atoms with Gasteiger partial charge in [0.25, 0.3) is 0 Å². The summed E-state index contributed by atoms with van der Waals surface area (Å²) in [6.07, 6.45) is 1.46. The minimum Gasteiger partial charge on any atom is -0.463 e. The number of hydrogen-bond donors (Lipinski definition) is 1. The molecule has 8 heteroatoms. The van der Waals surface area contributed by atoms with Crippen molar-refractivity contribution in [2.45, 2.75) is 19.9 Å². The van der Waals surface area contributed by atoms with E-state index in [0.717, 1.165) is 9.37 Å². The average molecular weight is 437 g/mol. The quantitative estimate of drug-likeness (QED) is 0.524. The predicted molar refractivity (Wildman–Crippen MR) is 103 cm³/mol. The summed E-state index contributed by atoms with van der Waals surface area (Å²) in [6.45, 7) is 7.18. The van der Waals surface area contributed by atoms with Crippen LogP contribution in [0.2, 0.25) is 0 Å². The summed E-state index contributed by atoms with van der Waals surface area (Å²) >= 11 is 3.38. The number of nitrogens with zero attached hydrogens (tertiary/aromatic N) is 1. The maximum absolute atomic E-state index is 12.7. The third-order valence-corrected chi connectivity index (χ3v) is 4.28. The third kappa shape index (κ3) is 4.57. The van der Waals surface area contributed by atoms with Gasteiger partial charge < -0.3 is 14.8 Å². The number of nitrogens with one attached hydrogen (secondary N) is 1. The molecule has 0 fully saturated rings. The zero-order valence-electron chi connectivity index (χ0n) is 15.2. The van der Waals surface area contributed by atoms with Gasteiger partial charge in [-0.05, 0) is 31.5 Å². The Kier molecular flexibility index (Phi) is 7.18. The van der Waals surface area contributed by atoms with E-state index in [2.05, 4.69) is 27.8 Å². The molecular formula is C19H21BrN2O5. The molecule has 0 aromatic heterocycles. The first-order valence-corrected chi connectivity index (χ1v) is 9.26. The van der Waals surface area contributed by atoms with Gasteiger partial charge in [-0.3, -0.25) is 4.90 Å². The monoisotopic (exact) mass is 436 g/mol. The molecule has 1 unspecified atom stereocenters. The molecule has 1 heterocycles. The first kappa shape index (κ1) is 20.7. The molecule has 0 aliphatic carbocycles. The summed E-state index contributed by atoms with van der Waals surface area (Å²) in [5.74, 6) is -1.46. The molecule has 1 aromatic carbocycles. The number of amides is 2. The van der Waals surface area contributed by atoms with E-state index in [0.29, 0.717) is 5.56 Å². The van der Waals surface area contributed by atoms with Crippen molar-refractivity contribution in [2.24, 2.45) is 0 Å². The van der Waals surface area contributed by atoms with E-state index in [4.69, 9.17) is 9.47 Å². The Balaban J connectivity index is 2.71. The van der Waals surface area contributed by atoms with Crippen molar-refractivity contribution >= 4 is 33.9 Å². The van der Waals surface area contributed by atoms with Gasteiger partial charge in [0, 0.05) is 11.0 Å². The fourth-order valence-electron chi connectivity index (χ4n) is 2.74. The van der Waals surface area contributed by atoms with Crippen molar-refractivity contribution in [3.05, 3.63) is 58.2 Å². The number of rotatable bonds is 7. The van der Waals surface area contributed by atoms with Gasteiger partial charge >= 0.3 is 18.0 Å². The van der Waals surface area contributed by atoms with E-state index in [1.807, 2.05) is 6.07 Å². The Hall–Kier alpha value is -2.61. The minimum absolute atomic E-state index is 0.0230. The molecule has 0 bridgehead atoms. The van der Waals surface area contributed by atoms with E-state index in [-0.39, 0.29) is 31.0 Å². The van der Waals surface area contributed by atoms with E-state index >= 15 is 0 Å². The van der Waals surface area contributed by atoms with Crippen molar-refractivity contribution in [1.82, 2.24) is 10.2 Å². The number of halogens is 1. The van der Waals surface area contributed by atoms with Gasteiger partial charge in [-0.2, -0.15) is 0 Å². The van der Waals surface area contributed by atoms with Crippen LogP contribution in [0, 0.1) is 0 Å². The zero-order valence-corrected chi connectivity index (χ0v) is 16.7. The highest BCUT2D eigenvalue weighted by Crippen LogP contribution is 2.33. The fourth-order valence-corrected chi connectivity index (χ4v) is 3.16. The van der Waals surface area contributed by atoms with E-state index in [1.165, 1.54) is 6.08 Å². The third-order valence-electron chi connectivity index (χ3n) is 3.78. The number of carbonyl (C=O) groups is 3. The van der Waals surface area contributed by atoms with Crippen molar-refractivity contribution < 1.29 is 23.9 Å². The van der Waals surface area contributed by atoms with Crippen LogP contribution < -0.4 is 5.32 Å². The van der Waals surface area contributed by atoms with Gasteiger partial charge in [0.15, 0.2) is 0 Å². The Morgan fingerprint density at radius 3 is 2.52 bits per heavy atom. The lowest BCUT2D eigenvalue weighted by atomic mass is 9.94. The van der Waals surface area contributed by atoms with Crippen LogP contribution in [-0.4, -0.2) is 42.6 Å². The zero-order chi connectivity index (χ0) is 20.0. The maximum Gasteiger partial charge on any atom is 0.355 e. The predicted octanol–water partition coefficient (Wildman–Crippen LogP) is 3.08. The average Bonchev–Trinajstić information content (AvgIpc) is 2.63.